The summed E-state index contributed by atoms with van der Waals surface area (Å²) >= 11 is -1.50. The van der Waals surface area contributed by atoms with Gasteiger partial charge in [0.05, 0.1) is 0 Å². The van der Waals surface area contributed by atoms with Gasteiger partial charge in [-0.2, -0.15) is 0 Å². The van der Waals surface area contributed by atoms with Crippen LogP contribution in [0.15, 0.2) is 60.7 Å². The van der Waals surface area contributed by atoms with Crippen LogP contribution in [0.1, 0.15) is 63.8 Å². The fourth-order valence-electron chi connectivity index (χ4n) is 4.39. The van der Waals surface area contributed by atoms with Gasteiger partial charge < -0.3 is 0 Å². The van der Waals surface area contributed by atoms with E-state index in [0.717, 1.165) is 0 Å². The Hall–Kier alpha value is -0.843. The van der Waals surface area contributed by atoms with E-state index < -0.39 is 39.9 Å². The maximum absolute atomic E-state index is 7.51. The van der Waals surface area contributed by atoms with Crippen molar-refractivity contribution in [3.05, 3.63) is 82.9 Å². The molecule has 2 aromatic rings. The molecule has 2 aromatic carbocycles. The molecule has 2 nitrogen and oxygen atoms in total. The molecule has 0 saturated heterocycles. The van der Waals surface area contributed by atoms with E-state index in [1.807, 2.05) is 0 Å². The van der Waals surface area contributed by atoms with Gasteiger partial charge in [-0.1, -0.05) is 0 Å². The van der Waals surface area contributed by atoms with Crippen LogP contribution < -0.4 is 0 Å². The molecule has 2 unspecified atom stereocenters. The third-order valence-electron chi connectivity index (χ3n) is 8.53. The van der Waals surface area contributed by atoms with Crippen molar-refractivity contribution in [2.75, 3.05) is 0 Å². The Morgan fingerprint density at radius 2 is 0.943 bits per heavy atom. The summed E-state index contributed by atoms with van der Waals surface area (Å²) in [4.78, 5) is 0. The fraction of sp³-hybridized carbons (Fsp3) is 0.467. The van der Waals surface area contributed by atoms with Gasteiger partial charge >= 0.3 is 228 Å². The second-order valence-electron chi connectivity index (χ2n) is 13.2. The molecule has 0 spiro atoms. The van der Waals surface area contributed by atoms with Crippen molar-refractivity contribution in [1.29, 1.82) is 0 Å². The van der Waals surface area contributed by atoms with Crippen LogP contribution in [0.5, 0.6) is 0 Å². The van der Waals surface area contributed by atoms with Gasteiger partial charge in [0.15, 0.2) is 0 Å². The van der Waals surface area contributed by atoms with Gasteiger partial charge in [-0.25, -0.2) is 0 Å². The molecule has 35 heavy (non-hydrogen) atoms. The summed E-state index contributed by atoms with van der Waals surface area (Å²) in [5.74, 6) is 0. The molecular formula is C30H42O2Si2Zr. The van der Waals surface area contributed by atoms with Crippen LogP contribution in [0.4, 0.5) is 0 Å². The number of fused-ring (bicyclic) bond motifs is 2. The van der Waals surface area contributed by atoms with E-state index in [2.05, 4.69) is 141 Å². The van der Waals surface area contributed by atoms with E-state index in [4.69, 9.17) is 8.85 Å². The molecule has 0 aromatic heterocycles. The fourth-order valence-corrected chi connectivity index (χ4v) is 15.5. The first-order chi connectivity index (χ1) is 16.0. The summed E-state index contributed by atoms with van der Waals surface area (Å²) in [5.41, 5.74) is 5.27. The molecule has 0 bridgehead atoms. The molecule has 0 saturated carbocycles. The summed E-state index contributed by atoms with van der Waals surface area (Å²) in [6.45, 7) is 23.6. The van der Waals surface area contributed by atoms with Crippen molar-refractivity contribution >= 4 is 28.8 Å². The van der Waals surface area contributed by atoms with Crippen molar-refractivity contribution in [2.45, 2.75) is 84.4 Å². The summed E-state index contributed by atoms with van der Waals surface area (Å²) in [6, 6.07) is 17.7. The van der Waals surface area contributed by atoms with E-state index in [0.29, 0.717) is 0 Å². The zero-order chi connectivity index (χ0) is 25.9. The molecule has 2 atom stereocenters. The predicted molar refractivity (Wildman–Crippen MR) is 151 cm³/mol. The zero-order valence-electron chi connectivity index (χ0n) is 23.2. The first-order valence-corrected chi connectivity index (χ1v) is 21.1. The molecule has 0 radical (unpaired) electrons. The minimum atomic E-state index is -2.08. The average molecular weight is 582 g/mol. The summed E-state index contributed by atoms with van der Waals surface area (Å²) in [6.07, 6.45) is 9.40. The van der Waals surface area contributed by atoms with Gasteiger partial charge in [-0.15, -0.1) is 0 Å². The van der Waals surface area contributed by atoms with Crippen molar-refractivity contribution in [3.8, 4) is 0 Å². The van der Waals surface area contributed by atoms with Crippen molar-refractivity contribution in [3.63, 3.8) is 0 Å². The van der Waals surface area contributed by atoms with Crippen molar-refractivity contribution in [1.82, 2.24) is 0 Å². The van der Waals surface area contributed by atoms with Crippen LogP contribution in [0.2, 0.25) is 36.3 Å². The molecule has 5 heteroatoms. The van der Waals surface area contributed by atoms with Crippen LogP contribution in [-0.2, 0) is 38.7 Å². The standard InChI is InChI=1S/2C15H21OSi.Zr/c2*1-15(2,3)17(4,5)16-14-11-10-12-8-6-7-9-13(12)14;/h2*6-11H,1-5H3;. The molecule has 0 N–H and O–H groups in total. The van der Waals surface area contributed by atoms with Gasteiger partial charge in [-0.3, -0.25) is 0 Å². The second-order valence-corrected chi connectivity index (χ2v) is 26.9. The molecule has 0 fully saturated rings. The van der Waals surface area contributed by atoms with Gasteiger partial charge in [0.2, 0.25) is 0 Å². The van der Waals surface area contributed by atoms with Crippen molar-refractivity contribution in [2.24, 2.45) is 0 Å². The normalized spacial score (nSPS) is 23.9. The average Bonchev–Trinajstić information content (AvgIpc) is 3.25. The first-order valence-electron chi connectivity index (χ1n) is 12.8. The molecule has 2 aliphatic rings. The van der Waals surface area contributed by atoms with Crippen LogP contribution in [-0.4, -0.2) is 16.6 Å². The Morgan fingerprint density at radius 3 is 1.29 bits per heavy atom. The number of hydrogen-bond donors (Lipinski definition) is 0. The number of hydrogen-bond acceptors (Lipinski definition) is 2. The monoisotopic (exact) mass is 580 g/mol. The van der Waals surface area contributed by atoms with E-state index >= 15 is 0 Å². The molecule has 2 aliphatic carbocycles. The van der Waals surface area contributed by atoms with E-state index in [-0.39, 0.29) is 16.7 Å². The van der Waals surface area contributed by atoms with Crippen LogP contribution in [0.25, 0.3) is 12.2 Å². The first kappa shape index (κ1) is 27.2. The minimum absolute atomic E-state index is 0.127. The third kappa shape index (κ3) is 4.89. The summed E-state index contributed by atoms with van der Waals surface area (Å²) in [5, 5.41) is 0.253. The Labute approximate surface area is 227 Å². The number of benzene rings is 2. The second kappa shape index (κ2) is 8.87. The van der Waals surface area contributed by atoms with E-state index in [1.165, 1.54) is 22.3 Å². The van der Waals surface area contributed by atoms with E-state index in [9.17, 15) is 0 Å². The Kier molecular flexibility index (Phi) is 6.90. The summed E-state index contributed by atoms with van der Waals surface area (Å²) in [7, 11) is -4.16. The van der Waals surface area contributed by atoms with Crippen LogP contribution in [0, 0.1) is 0 Å². The van der Waals surface area contributed by atoms with Crippen LogP contribution >= 0.6 is 0 Å². The van der Waals surface area contributed by atoms with Gasteiger partial charge in [0.1, 0.15) is 0 Å². The molecule has 0 aliphatic heterocycles. The van der Waals surface area contributed by atoms with Crippen LogP contribution in [0.3, 0.4) is 0 Å². The topological polar surface area (TPSA) is 18.5 Å². The predicted octanol–water partition coefficient (Wildman–Crippen LogP) is 8.87. The quantitative estimate of drug-likeness (QED) is 0.317. The molecule has 186 valence electrons. The molecular weight excluding hydrogens is 540 g/mol. The summed E-state index contributed by atoms with van der Waals surface area (Å²) < 4.78 is 14.3. The molecule has 0 heterocycles. The molecule has 4 rings (SSSR count). The zero-order valence-corrected chi connectivity index (χ0v) is 27.7. The Bertz CT molecular complexity index is 1080. The van der Waals surface area contributed by atoms with Crippen molar-refractivity contribution < 1.29 is 32.1 Å². The SMILES string of the molecule is CC(C)(C)[Si](C)(C)O[C]1([Zr][C]2(O[Si](C)(C)C(C)(C)C)C=Cc3ccccc32)C=Cc2ccccc21. The number of rotatable bonds is 6. The van der Waals surface area contributed by atoms with Gasteiger partial charge in [0.25, 0.3) is 0 Å². The van der Waals surface area contributed by atoms with E-state index in [1.54, 1.807) is 0 Å². The Morgan fingerprint density at radius 1 is 0.600 bits per heavy atom. The Balaban J connectivity index is 1.90. The maximum atomic E-state index is 7.51. The molecule has 0 amide bonds. The van der Waals surface area contributed by atoms with Gasteiger partial charge in [0, 0.05) is 0 Å². The third-order valence-corrected chi connectivity index (χ3v) is 22.9. The van der Waals surface area contributed by atoms with Gasteiger partial charge in [-0.05, 0) is 0 Å².